The number of H-pyrrole nitrogens is 1. The van der Waals surface area contributed by atoms with Crippen LogP contribution in [0.1, 0.15) is 31.5 Å². The van der Waals surface area contributed by atoms with E-state index in [9.17, 15) is 4.79 Å². The maximum Gasteiger partial charge on any atom is 0.248 e. The Hall–Kier alpha value is -1.61. The Bertz CT molecular complexity index is 624. The van der Waals surface area contributed by atoms with Crippen LogP contribution in [0.2, 0.25) is 0 Å². The molecule has 3 nitrogen and oxygen atoms in total. The minimum atomic E-state index is -0.434. The zero-order valence-electron chi connectivity index (χ0n) is 10.8. The maximum absolute atomic E-state index is 11.5. The highest BCUT2D eigenvalue weighted by molar-refractivity contribution is 5.48. The van der Waals surface area contributed by atoms with Crippen LogP contribution in [0.25, 0.3) is 0 Å². The van der Waals surface area contributed by atoms with Crippen LogP contribution in [0.15, 0.2) is 40.2 Å². The fourth-order valence-electron chi connectivity index (χ4n) is 3.57. The quantitative estimate of drug-likeness (QED) is 0.684. The number of aromatic nitrogens is 1. The van der Waals surface area contributed by atoms with E-state index in [1.165, 1.54) is 11.1 Å². The largest absolute Gasteiger partial charge is 0.326 e. The van der Waals surface area contributed by atoms with Gasteiger partial charge in [0.25, 0.3) is 0 Å². The van der Waals surface area contributed by atoms with Gasteiger partial charge < -0.3 is 10.7 Å². The van der Waals surface area contributed by atoms with Crippen molar-refractivity contribution in [2.45, 2.75) is 32.2 Å². The van der Waals surface area contributed by atoms with E-state index in [1.807, 2.05) is 6.07 Å². The van der Waals surface area contributed by atoms with Crippen molar-refractivity contribution in [2.75, 3.05) is 0 Å². The highest BCUT2D eigenvalue weighted by Gasteiger charge is 2.43. The van der Waals surface area contributed by atoms with Crippen molar-refractivity contribution in [1.82, 2.24) is 4.98 Å². The molecule has 0 spiro atoms. The van der Waals surface area contributed by atoms with Gasteiger partial charge in [0.15, 0.2) is 0 Å². The lowest BCUT2D eigenvalue weighted by Gasteiger charge is -2.45. The molecule has 0 saturated carbocycles. The minimum Gasteiger partial charge on any atom is -0.326 e. The number of pyridine rings is 1. The molecule has 94 valence electrons. The summed E-state index contributed by atoms with van der Waals surface area (Å²) in [6.45, 7) is 4.19. The Morgan fingerprint density at radius 1 is 1.50 bits per heavy atom. The fourth-order valence-corrected chi connectivity index (χ4v) is 3.57. The number of nitrogens with one attached hydrogen (secondary N) is 1. The van der Waals surface area contributed by atoms with Gasteiger partial charge in [-0.2, -0.15) is 0 Å². The molecule has 2 atom stereocenters. The van der Waals surface area contributed by atoms with E-state index in [-0.39, 0.29) is 5.56 Å². The molecule has 1 aromatic heterocycles. The van der Waals surface area contributed by atoms with Crippen LogP contribution < -0.4 is 11.3 Å². The van der Waals surface area contributed by atoms with Crippen molar-refractivity contribution < 1.29 is 0 Å². The van der Waals surface area contributed by atoms with Crippen molar-refractivity contribution >= 4 is 0 Å². The van der Waals surface area contributed by atoms with Crippen LogP contribution in [0.4, 0.5) is 0 Å². The number of nitrogens with two attached hydrogens (primary N) is 1. The Kier molecular flexibility index (Phi) is 2.35. The summed E-state index contributed by atoms with van der Waals surface area (Å²) in [7, 11) is 0. The fraction of sp³-hybridized carbons (Fsp3) is 0.400. The summed E-state index contributed by atoms with van der Waals surface area (Å²) in [5, 5.41) is 0. The SMILES string of the molecule is C/C=C1\C2C=C(C)C[C@@]1(N)c1ccc(=O)[nH]c1C2. The monoisotopic (exact) mass is 242 g/mol. The first-order valence-corrected chi connectivity index (χ1v) is 6.40. The molecule has 18 heavy (non-hydrogen) atoms. The Morgan fingerprint density at radius 3 is 3.00 bits per heavy atom. The maximum atomic E-state index is 11.5. The zero-order chi connectivity index (χ0) is 12.9. The van der Waals surface area contributed by atoms with Gasteiger partial charge in [-0.25, -0.2) is 0 Å². The average Bonchev–Trinajstić information content (AvgIpc) is 2.26. The number of hydrogen-bond donors (Lipinski definition) is 2. The second-order valence-electron chi connectivity index (χ2n) is 5.43. The van der Waals surface area contributed by atoms with E-state index < -0.39 is 5.54 Å². The summed E-state index contributed by atoms with van der Waals surface area (Å²) in [6, 6.07) is 3.47. The van der Waals surface area contributed by atoms with Crippen molar-refractivity contribution in [2.24, 2.45) is 11.7 Å². The van der Waals surface area contributed by atoms with Crippen LogP contribution in [0.5, 0.6) is 0 Å². The standard InChI is InChI=1S/C15H18N2O/c1-3-11-10-6-9(2)8-15(11,16)12-4-5-14(18)17-13(12)7-10/h3-6,10H,7-8,16H2,1-2H3,(H,17,18)/b11-3+/t10?,15-/m0/s1. The van der Waals surface area contributed by atoms with Crippen LogP contribution in [-0.4, -0.2) is 4.98 Å². The molecule has 3 rings (SSSR count). The van der Waals surface area contributed by atoms with E-state index in [0.29, 0.717) is 5.92 Å². The van der Waals surface area contributed by atoms with Crippen LogP contribution in [0, 0.1) is 5.92 Å². The third-order valence-corrected chi connectivity index (χ3v) is 4.17. The molecule has 0 fully saturated rings. The number of hydrogen-bond acceptors (Lipinski definition) is 2. The molecule has 0 saturated heterocycles. The average molecular weight is 242 g/mol. The van der Waals surface area contributed by atoms with Gasteiger partial charge in [-0.1, -0.05) is 17.7 Å². The van der Waals surface area contributed by atoms with Crippen molar-refractivity contribution in [3.63, 3.8) is 0 Å². The highest BCUT2D eigenvalue weighted by atomic mass is 16.1. The molecular formula is C15H18N2O. The summed E-state index contributed by atoms with van der Waals surface area (Å²) < 4.78 is 0. The molecule has 3 N–H and O–H groups in total. The molecule has 0 radical (unpaired) electrons. The minimum absolute atomic E-state index is 0.0416. The van der Waals surface area contributed by atoms with Gasteiger partial charge in [0.1, 0.15) is 0 Å². The second kappa shape index (κ2) is 3.69. The van der Waals surface area contributed by atoms with Crippen molar-refractivity contribution in [3.8, 4) is 0 Å². The summed E-state index contributed by atoms with van der Waals surface area (Å²) in [5.74, 6) is 0.333. The third-order valence-electron chi connectivity index (χ3n) is 4.17. The molecule has 1 unspecified atom stereocenters. The van der Waals surface area contributed by atoms with E-state index in [2.05, 4.69) is 31.0 Å². The van der Waals surface area contributed by atoms with Gasteiger partial charge in [0.05, 0.1) is 5.54 Å². The van der Waals surface area contributed by atoms with E-state index in [0.717, 1.165) is 24.1 Å². The van der Waals surface area contributed by atoms with Gasteiger partial charge >= 0.3 is 0 Å². The number of fused-ring (bicyclic) bond motifs is 4. The summed E-state index contributed by atoms with van der Waals surface area (Å²) in [5.41, 5.74) is 10.9. The molecule has 2 aliphatic carbocycles. The second-order valence-corrected chi connectivity index (χ2v) is 5.43. The van der Waals surface area contributed by atoms with Crippen LogP contribution in [-0.2, 0) is 12.0 Å². The number of rotatable bonds is 0. The Balaban J connectivity index is 2.28. The molecule has 0 aromatic carbocycles. The smallest absolute Gasteiger partial charge is 0.248 e. The van der Waals surface area contributed by atoms with E-state index in [4.69, 9.17) is 5.73 Å². The molecule has 1 heterocycles. The van der Waals surface area contributed by atoms with E-state index in [1.54, 1.807) is 6.07 Å². The molecule has 0 amide bonds. The third kappa shape index (κ3) is 1.44. The molecule has 2 aliphatic rings. The summed E-state index contributed by atoms with van der Waals surface area (Å²) >= 11 is 0. The van der Waals surface area contributed by atoms with Crippen molar-refractivity contribution in [1.29, 1.82) is 0 Å². The Morgan fingerprint density at radius 2 is 2.28 bits per heavy atom. The lowest BCUT2D eigenvalue weighted by Crippen LogP contribution is -2.48. The molecule has 2 bridgehead atoms. The predicted octanol–water partition coefficient (Wildman–Crippen LogP) is 2.00. The first kappa shape index (κ1) is 11.5. The number of aromatic amines is 1. The zero-order valence-corrected chi connectivity index (χ0v) is 10.8. The molecule has 1 aromatic rings. The van der Waals surface area contributed by atoms with Crippen LogP contribution in [0.3, 0.4) is 0 Å². The summed E-state index contributed by atoms with van der Waals surface area (Å²) in [6.07, 6.45) is 6.11. The molecule has 3 heteroatoms. The lowest BCUT2D eigenvalue weighted by atomic mass is 9.63. The molecule has 0 aliphatic heterocycles. The normalized spacial score (nSPS) is 32.1. The van der Waals surface area contributed by atoms with Gasteiger partial charge in [-0.3, -0.25) is 4.79 Å². The Labute approximate surface area is 106 Å². The van der Waals surface area contributed by atoms with Gasteiger partial charge in [-0.05, 0) is 43.9 Å². The van der Waals surface area contributed by atoms with Gasteiger partial charge in [0.2, 0.25) is 5.56 Å². The van der Waals surface area contributed by atoms with Crippen LogP contribution >= 0.6 is 0 Å². The van der Waals surface area contributed by atoms with Crippen molar-refractivity contribution in [3.05, 3.63) is 57.0 Å². The van der Waals surface area contributed by atoms with Gasteiger partial charge in [0, 0.05) is 17.7 Å². The number of allylic oxidation sites excluding steroid dienone is 2. The predicted molar refractivity (Wildman–Crippen MR) is 72.3 cm³/mol. The molecular weight excluding hydrogens is 224 g/mol. The van der Waals surface area contributed by atoms with Gasteiger partial charge in [-0.15, -0.1) is 0 Å². The first-order chi connectivity index (χ1) is 8.54. The summed E-state index contributed by atoms with van der Waals surface area (Å²) in [4.78, 5) is 14.4. The highest BCUT2D eigenvalue weighted by Crippen LogP contribution is 2.47. The first-order valence-electron chi connectivity index (χ1n) is 6.40. The topological polar surface area (TPSA) is 58.9 Å². The van der Waals surface area contributed by atoms with E-state index >= 15 is 0 Å². The lowest BCUT2D eigenvalue weighted by molar-refractivity contribution is 0.409.